The number of likely N-dealkylation sites (N-methyl/N-ethyl adjacent to an activating group) is 2. The third-order valence-corrected chi connectivity index (χ3v) is 4.47. The van der Waals surface area contributed by atoms with Crippen LogP contribution < -0.4 is 5.32 Å². The van der Waals surface area contributed by atoms with E-state index in [1.54, 1.807) is 0 Å². The summed E-state index contributed by atoms with van der Waals surface area (Å²) in [4.78, 5) is 2.64. The van der Waals surface area contributed by atoms with E-state index in [2.05, 4.69) is 61.3 Å². The molecule has 1 fully saturated rings. The highest BCUT2D eigenvalue weighted by molar-refractivity contribution is 5.25. The summed E-state index contributed by atoms with van der Waals surface area (Å²) in [5.74, 6) is 0.967. The van der Waals surface area contributed by atoms with Crippen LogP contribution >= 0.6 is 0 Å². The van der Waals surface area contributed by atoms with E-state index in [9.17, 15) is 0 Å². The summed E-state index contributed by atoms with van der Waals surface area (Å²) in [7, 11) is 0. The molecule has 1 aliphatic rings. The van der Waals surface area contributed by atoms with E-state index in [1.165, 1.54) is 24.9 Å². The summed E-state index contributed by atoms with van der Waals surface area (Å²) >= 11 is 0. The van der Waals surface area contributed by atoms with Gasteiger partial charge in [0.2, 0.25) is 0 Å². The van der Waals surface area contributed by atoms with Gasteiger partial charge in [0, 0.05) is 25.0 Å². The molecule has 0 amide bonds. The monoisotopic (exact) mass is 274 g/mol. The molecule has 112 valence electrons. The number of hydrogen-bond acceptors (Lipinski definition) is 2. The summed E-state index contributed by atoms with van der Waals surface area (Å²) in [6, 6.07) is 11.0. The maximum Gasteiger partial charge on any atom is 0.0177 e. The summed E-state index contributed by atoms with van der Waals surface area (Å²) in [5.41, 5.74) is 1.65. The van der Waals surface area contributed by atoms with Gasteiger partial charge in [-0.1, -0.05) is 51.1 Å². The lowest BCUT2D eigenvalue weighted by Crippen LogP contribution is -2.46. The molecule has 1 saturated carbocycles. The van der Waals surface area contributed by atoms with Crippen molar-refractivity contribution < 1.29 is 0 Å². The highest BCUT2D eigenvalue weighted by Gasteiger charge is 2.31. The molecule has 0 aliphatic heterocycles. The molecule has 1 unspecified atom stereocenters. The Hall–Kier alpha value is -0.860. The van der Waals surface area contributed by atoms with E-state index in [0.717, 1.165) is 32.1 Å². The molecule has 0 spiro atoms. The van der Waals surface area contributed by atoms with E-state index in [4.69, 9.17) is 0 Å². The minimum absolute atomic E-state index is 0.197. The van der Waals surface area contributed by atoms with Crippen LogP contribution in [0.5, 0.6) is 0 Å². The van der Waals surface area contributed by atoms with Crippen LogP contribution in [0.4, 0.5) is 0 Å². The highest BCUT2D eigenvalue weighted by Crippen LogP contribution is 2.31. The van der Waals surface area contributed by atoms with Crippen LogP contribution in [0.25, 0.3) is 0 Å². The summed E-state index contributed by atoms with van der Waals surface area (Å²) in [6.07, 6.45) is 2.87. The minimum Gasteiger partial charge on any atom is -0.316 e. The van der Waals surface area contributed by atoms with Crippen molar-refractivity contribution in [3.05, 3.63) is 35.9 Å². The summed E-state index contributed by atoms with van der Waals surface area (Å²) in [6.45, 7) is 12.6. The first-order valence-corrected chi connectivity index (χ1v) is 8.16. The average molecular weight is 274 g/mol. The van der Waals surface area contributed by atoms with E-state index in [-0.39, 0.29) is 5.41 Å². The van der Waals surface area contributed by atoms with Crippen molar-refractivity contribution in [3.8, 4) is 0 Å². The van der Waals surface area contributed by atoms with Crippen LogP contribution in [-0.4, -0.2) is 37.6 Å². The fourth-order valence-electron chi connectivity index (χ4n) is 2.96. The molecule has 1 aromatic rings. The third-order valence-electron chi connectivity index (χ3n) is 4.47. The molecule has 1 aliphatic carbocycles. The van der Waals surface area contributed by atoms with Crippen LogP contribution in [0.15, 0.2) is 30.3 Å². The predicted molar refractivity (Wildman–Crippen MR) is 87.2 cm³/mol. The smallest absolute Gasteiger partial charge is 0.0177 e. The molecule has 2 heteroatoms. The molecule has 1 aromatic carbocycles. The van der Waals surface area contributed by atoms with Gasteiger partial charge < -0.3 is 10.2 Å². The quantitative estimate of drug-likeness (QED) is 0.743. The number of benzene rings is 1. The average Bonchev–Trinajstić information content (AvgIpc) is 3.29. The first kappa shape index (κ1) is 15.5. The van der Waals surface area contributed by atoms with E-state index in [0.29, 0.717) is 0 Å². The van der Waals surface area contributed by atoms with Crippen molar-refractivity contribution in [2.45, 2.75) is 39.0 Å². The van der Waals surface area contributed by atoms with Gasteiger partial charge in [0.05, 0.1) is 0 Å². The molecule has 1 atom stereocenters. The molecular weight excluding hydrogens is 244 g/mol. The van der Waals surface area contributed by atoms with Gasteiger partial charge in [0.25, 0.3) is 0 Å². The fraction of sp³-hybridized carbons (Fsp3) is 0.667. The van der Waals surface area contributed by atoms with Crippen molar-refractivity contribution >= 4 is 0 Å². The topological polar surface area (TPSA) is 15.3 Å². The van der Waals surface area contributed by atoms with Crippen LogP contribution in [0.2, 0.25) is 0 Å². The van der Waals surface area contributed by atoms with Gasteiger partial charge >= 0.3 is 0 Å². The first-order chi connectivity index (χ1) is 9.68. The van der Waals surface area contributed by atoms with Gasteiger partial charge in [-0.25, -0.2) is 0 Å². The summed E-state index contributed by atoms with van der Waals surface area (Å²) < 4.78 is 0. The number of hydrogen-bond donors (Lipinski definition) is 1. The molecule has 1 N–H and O–H groups in total. The number of nitrogens with one attached hydrogen (secondary N) is 1. The standard InChI is InChI=1S/C18H30N2/c1-4-19-14-18(3,17-9-7-6-8-10-17)15-20(5-2)13-16-11-12-16/h6-10,16,19H,4-5,11-15H2,1-3H3. The Morgan fingerprint density at radius 1 is 1.20 bits per heavy atom. The van der Waals surface area contributed by atoms with Gasteiger partial charge in [-0.3, -0.25) is 0 Å². The third kappa shape index (κ3) is 4.32. The van der Waals surface area contributed by atoms with Crippen molar-refractivity contribution in [2.75, 3.05) is 32.7 Å². The fourth-order valence-corrected chi connectivity index (χ4v) is 2.96. The van der Waals surface area contributed by atoms with E-state index in [1.807, 2.05) is 0 Å². The van der Waals surface area contributed by atoms with Crippen LogP contribution in [-0.2, 0) is 5.41 Å². The molecule has 0 bridgehead atoms. The zero-order valence-electron chi connectivity index (χ0n) is 13.4. The molecule has 0 radical (unpaired) electrons. The molecule has 2 nitrogen and oxygen atoms in total. The Kier molecular flexibility index (Phi) is 5.62. The van der Waals surface area contributed by atoms with E-state index < -0.39 is 0 Å². The van der Waals surface area contributed by atoms with Gasteiger partial charge in [-0.2, -0.15) is 0 Å². The Labute approximate surface area is 124 Å². The molecular formula is C18H30N2. The van der Waals surface area contributed by atoms with Crippen molar-refractivity contribution in [1.29, 1.82) is 0 Å². The maximum atomic E-state index is 3.56. The second kappa shape index (κ2) is 7.24. The Balaban J connectivity index is 2.08. The molecule has 0 aromatic heterocycles. The first-order valence-electron chi connectivity index (χ1n) is 8.16. The maximum absolute atomic E-state index is 3.56. The Morgan fingerprint density at radius 3 is 2.45 bits per heavy atom. The zero-order valence-corrected chi connectivity index (χ0v) is 13.4. The van der Waals surface area contributed by atoms with Crippen LogP contribution in [0, 0.1) is 5.92 Å². The normalized spacial score (nSPS) is 18.2. The van der Waals surface area contributed by atoms with Crippen molar-refractivity contribution in [2.24, 2.45) is 5.92 Å². The Bertz CT molecular complexity index is 386. The largest absolute Gasteiger partial charge is 0.316 e. The Morgan fingerprint density at radius 2 is 1.90 bits per heavy atom. The minimum atomic E-state index is 0.197. The van der Waals surface area contributed by atoms with Gasteiger partial charge in [-0.15, -0.1) is 0 Å². The number of nitrogens with zero attached hydrogens (tertiary/aromatic N) is 1. The van der Waals surface area contributed by atoms with Gasteiger partial charge in [-0.05, 0) is 37.4 Å². The van der Waals surface area contributed by atoms with Gasteiger partial charge in [0.1, 0.15) is 0 Å². The van der Waals surface area contributed by atoms with Gasteiger partial charge in [0.15, 0.2) is 0 Å². The molecule has 0 saturated heterocycles. The van der Waals surface area contributed by atoms with Crippen molar-refractivity contribution in [3.63, 3.8) is 0 Å². The van der Waals surface area contributed by atoms with Crippen LogP contribution in [0.1, 0.15) is 39.2 Å². The van der Waals surface area contributed by atoms with Crippen molar-refractivity contribution in [1.82, 2.24) is 10.2 Å². The predicted octanol–water partition coefficient (Wildman–Crippen LogP) is 3.29. The van der Waals surface area contributed by atoms with E-state index >= 15 is 0 Å². The lowest BCUT2D eigenvalue weighted by Gasteiger charge is -2.36. The second-order valence-corrected chi connectivity index (χ2v) is 6.48. The second-order valence-electron chi connectivity index (χ2n) is 6.48. The zero-order chi connectivity index (χ0) is 14.4. The van der Waals surface area contributed by atoms with Crippen LogP contribution in [0.3, 0.4) is 0 Å². The molecule has 0 heterocycles. The number of rotatable bonds is 9. The molecule has 2 rings (SSSR count). The molecule has 20 heavy (non-hydrogen) atoms. The lowest BCUT2D eigenvalue weighted by atomic mass is 9.81. The summed E-state index contributed by atoms with van der Waals surface area (Å²) in [5, 5.41) is 3.56. The lowest BCUT2D eigenvalue weighted by molar-refractivity contribution is 0.212. The highest BCUT2D eigenvalue weighted by atomic mass is 15.1. The SMILES string of the molecule is CCNCC(C)(CN(CC)CC1CC1)c1ccccc1.